The van der Waals surface area contributed by atoms with E-state index in [0.29, 0.717) is 25.1 Å². The van der Waals surface area contributed by atoms with Crippen molar-refractivity contribution in [2.75, 3.05) is 11.4 Å². The molecule has 5 aromatic rings. The summed E-state index contributed by atoms with van der Waals surface area (Å²) in [6.07, 6.45) is 7.00. The first kappa shape index (κ1) is 26.9. The van der Waals surface area contributed by atoms with Gasteiger partial charge in [0.25, 0.3) is 10.0 Å². The van der Waals surface area contributed by atoms with E-state index in [1.807, 2.05) is 36.0 Å². The predicted octanol–water partition coefficient (Wildman–Crippen LogP) is 4.78. The summed E-state index contributed by atoms with van der Waals surface area (Å²) in [5, 5.41) is -0.0571. The average molecular weight is 571 g/mol. The van der Waals surface area contributed by atoms with Crippen LogP contribution in [0.1, 0.15) is 16.8 Å². The van der Waals surface area contributed by atoms with Crippen LogP contribution in [0, 0.1) is 5.82 Å². The molecule has 3 aromatic carbocycles. The van der Waals surface area contributed by atoms with E-state index in [4.69, 9.17) is 0 Å². The zero-order chi connectivity index (χ0) is 28.6. The highest BCUT2D eigenvalue weighted by atomic mass is 32.2. The molecule has 2 aromatic heterocycles. The van der Waals surface area contributed by atoms with Crippen LogP contribution in [0.3, 0.4) is 0 Å². The first-order valence-corrected chi connectivity index (χ1v) is 14.9. The van der Waals surface area contributed by atoms with Gasteiger partial charge in [0.05, 0.1) is 24.9 Å². The Morgan fingerprint density at radius 3 is 2.46 bits per heavy atom. The number of aromatic nitrogens is 4. The van der Waals surface area contributed by atoms with Crippen LogP contribution in [0.2, 0.25) is 0 Å². The summed E-state index contributed by atoms with van der Waals surface area (Å²) in [5.74, 6) is -0.442. The second-order valence-corrected chi connectivity index (χ2v) is 12.3. The minimum absolute atomic E-state index is 0.0571. The smallest absolute Gasteiger partial charge is 0.262 e. The third kappa shape index (κ3) is 5.40. The molecule has 0 bridgehead atoms. The second kappa shape index (κ2) is 10.9. The molecule has 0 saturated heterocycles. The van der Waals surface area contributed by atoms with Crippen molar-refractivity contribution in [3.05, 3.63) is 120 Å². The van der Waals surface area contributed by atoms with Gasteiger partial charge in [-0.1, -0.05) is 54.6 Å². The largest absolute Gasteiger partial charge is 0.364 e. The number of rotatable bonds is 8. The van der Waals surface area contributed by atoms with E-state index in [1.165, 1.54) is 22.9 Å². The molecule has 0 saturated carbocycles. The normalized spacial score (nSPS) is 15.3. The lowest BCUT2D eigenvalue weighted by molar-refractivity contribution is 0.298. The molecule has 1 atom stereocenters. The van der Waals surface area contributed by atoms with Crippen LogP contribution >= 0.6 is 0 Å². The fourth-order valence-corrected chi connectivity index (χ4v) is 7.02. The fraction of sp³-hybridized carbons (Fsp3) is 0.226. The molecule has 1 aliphatic heterocycles. The van der Waals surface area contributed by atoms with E-state index >= 15 is 0 Å². The quantitative estimate of drug-likeness (QED) is 0.268. The summed E-state index contributed by atoms with van der Waals surface area (Å²) in [4.78, 5) is 10.6. The van der Waals surface area contributed by atoms with Crippen molar-refractivity contribution >= 4 is 15.7 Å². The number of anilines is 1. The van der Waals surface area contributed by atoms with Crippen LogP contribution in [-0.4, -0.2) is 44.4 Å². The molecule has 10 heteroatoms. The van der Waals surface area contributed by atoms with Gasteiger partial charge in [0.15, 0.2) is 5.03 Å². The lowest BCUT2D eigenvalue weighted by atomic mass is 9.93. The van der Waals surface area contributed by atoms with Crippen LogP contribution in [0.5, 0.6) is 0 Å². The Morgan fingerprint density at radius 1 is 0.976 bits per heavy atom. The van der Waals surface area contributed by atoms with E-state index in [0.717, 1.165) is 28.1 Å². The molecule has 41 heavy (non-hydrogen) atoms. The van der Waals surface area contributed by atoms with Crippen molar-refractivity contribution < 1.29 is 12.8 Å². The fourth-order valence-electron chi connectivity index (χ4n) is 5.46. The average Bonchev–Trinajstić information content (AvgIpc) is 3.60. The molecule has 0 N–H and O–H groups in total. The maximum Gasteiger partial charge on any atom is 0.262 e. The lowest BCUT2D eigenvalue weighted by Gasteiger charge is -2.40. The number of hydrogen-bond donors (Lipinski definition) is 0. The molecule has 210 valence electrons. The van der Waals surface area contributed by atoms with Crippen LogP contribution in [0.15, 0.2) is 103 Å². The maximum atomic E-state index is 14.9. The van der Waals surface area contributed by atoms with Crippen molar-refractivity contribution in [1.82, 2.24) is 23.4 Å². The molecule has 6 rings (SSSR count). The Morgan fingerprint density at radius 2 is 1.76 bits per heavy atom. The van der Waals surface area contributed by atoms with Gasteiger partial charge in [-0.05, 0) is 41.3 Å². The standard InChI is InChI=1S/C31H31FN6O2S/c1-35-20-31(34-22-35)41(39,40)38(17-25-10-6-7-11-29(25)32)27-15-26-14-24(23-8-4-3-5-9-23)12-13-30(26)37(18-27)19-28-16-33-21-36(28)2/h3-14,16,20-22,27H,15,17-19H2,1-2H3. The number of imidazole rings is 2. The topological polar surface area (TPSA) is 76.3 Å². The molecular weight excluding hydrogens is 539 g/mol. The molecule has 0 amide bonds. The highest BCUT2D eigenvalue weighted by Crippen LogP contribution is 2.36. The van der Waals surface area contributed by atoms with Crippen molar-refractivity contribution in [2.24, 2.45) is 14.1 Å². The number of benzene rings is 3. The number of halogens is 1. The van der Waals surface area contributed by atoms with Gasteiger partial charge in [0.1, 0.15) is 5.82 Å². The summed E-state index contributed by atoms with van der Waals surface area (Å²) >= 11 is 0. The lowest BCUT2D eigenvalue weighted by Crippen LogP contribution is -2.50. The zero-order valence-electron chi connectivity index (χ0n) is 22.9. The van der Waals surface area contributed by atoms with E-state index in [9.17, 15) is 12.8 Å². The number of hydrogen-bond acceptors (Lipinski definition) is 5. The van der Waals surface area contributed by atoms with Crippen LogP contribution in [-0.2, 0) is 43.6 Å². The SMILES string of the molecule is Cn1cnc(S(=O)(=O)N(Cc2ccccc2F)C2Cc3cc(-c4ccccc4)ccc3N(Cc3cncn3C)C2)c1. The maximum absolute atomic E-state index is 14.9. The van der Waals surface area contributed by atoms with Crippen molar-refractivity contribution in [1.29, 1.82) is 0 Å². The Balaban J connectivity index is 1.45. The Bertz CT molecular complexity index is 1780. The number of nitrogens with zero attached hydrogens (tertiary/aromatic N) is 6. The molecule has 3 heterocycles. The first-order chi connectivity index (χ1) is 19.8. The molecule has 1 aliphatic rings. The van der Waals surface area contributed by atoms with E-state index < -0.39 is 21.9 Å². The van der Waals surface area contributed by atoms with Gasteiger partial charge >= 0.3 is 0 Å². The summed E-state index contributed by atoms with van der Waals surface area (Å²) < 4.78 is 48.2. The van der Waals surface area contributed by atoms with Crippen LogP contribution in [0.25, 0.3) is 11.1 Å². The minimum atomic E-state index is -4.06. The van der Waals surface area contributed by atoms with E-state index in [1.54, 1.807) is 36.1 Å². The molecule has 1 unspecified atom stereocenters. The predicted molar refractivity (Wildman–Crippen MR) is 156 cm³/mol. The van der Waals surface area contributed by atoms with Crippen LogP contribution in [0.4, 0.5) is 10.1 Å². The van der Waals surface area contributed by atoms with Gasteiger partial charge in [-0.15, -0.1) is 0 Å². The molecule has 0 spiro atoms. The minimum Gasteiger partial charge on any atom is -0.364 e. The number of fused-ring (bicyclic) bond motifs is 1. The van der Waals surface area contributed by atoms with Crippen molar-refractivity contribution in [3.63, 3.8) is 0 Å². The highest BCUT2D eigenvalue weighted by Gasteiger charge is 2.38. The van der Waals surface area contributed by atoms with Gasteiger partial charge in [0.2, 0.25) is 0 Å². The third-order valence-corrected chi connectivity index (χ3v) is 9.41. The van der Waals surface area contributed by atoms with Crippen molar-refractivity contribution in [2.45, 2.75) is 30.6 Å². The van der Waals surface area contributed by atoms with Gasteiger partial charge < -0.3 is 14.0 Å². The Kier molecular flexibility index (Phi) is 7.19. The second-order valence-electron chi connectivity index (χ2n) is 10.5. The molecular formula is C31H31FN6O2S. The van der Waals surface area contributed by atoms with Gasteiger partial charge in [-0.25, -0.2) is 22.8 Å². The molecule has 0 aliphatic carbocycles. The molecule has 8 nitrogen and oxygen atoms in total. The van der Waals surface area contributed by atoms with Crippen molar-refractivity contribution in [3.8, 4) is 11.1 Å². The summed E-state index contributed by atoms with van der Waals surface area (Å²) in [6, 6.07) is 22.3. The molecule has 0 fully saturated rings. The summed E-state index contributed by atoms with van der Waals surface area (Å²) in [7, 11) is -0.392. The Labute approximate surface area is 239 Å². The first-order valence-electron chi connectivity index (χ1n) is 13.4. The zero-order valence-corrected chi connectivity index (χ0v) is 23.7. The van der Waals surface area contributed by atoms with Crippen LogP contribution < -0.4 is 4.90 Å². The van der Waals surface area contributed by atoms with Gasteiger partial charge in [0, 0.05) is 56.9 Å². The Hall–Kier alpha value is -4.28. The highest BCUT2D eigenvalue weighted by molar-refractivity contribution is 7.89. The number of aryl methyl sites for hydroxylation is 2. The number of sulfonamides is 1. The van der Waals surface area contributed by atoms with Gasteiger partial charge in [-0.2, -0.15) is 4.31 Å². The third-order valence-electron chi connectivity index (χ3n) is 7.63. The summed E-state index contributed by atoms with van der Waals surface area (Å²) in [5.41, 5.74) is 5.52. The monoisotopic (exact) mass is 570 g/mol. The molecule has 0 radical (unpaired) electrons. The van der Waals surface area contributed by atoms with Gasteiger partial charge in [-0.3, -0.25) is 0 Å². The summed E-state index contributed by atoms with van der Waals surface area (Å²) in [6.45, 7) is 0.856. The van der Waals surface area contributed by atoms with E-state index in [-0.39, 0.29) is 11.6 Å². The van der Waals surface area contributed by atoms with E-state index in [2.05, 4.69) is 45.2 Å².